The summed E-state index contributed by atoms with van der Waals surface area (Å²) in [6.45, 7) is 3.81. The first-order chi connectivity index (χ1) is 5.38. The molecule has 0 heterocycles. The summed E-state index contributed by atoms with van der Waals surface area (Å²) in [5.74, 6) is 0.607. The molecule has 1 heteroatoms. The third kappa shape index (κ3) is 2.23. The highest BCUT2D eigenvalue weighted by atomic mass is 35.5. The van der Waals surface area contributed by atoms with E-state index in [9.17, 15) is 0 Å². The fraction of sp³-hybridized carbons (Fsp3) is 0.300. The lowest BCUT2D eigenvalue weighted by Gasteiger charge is -2.03. The Balaban J connectivity index is 2.83. The number of rotatable bonds is 3. The van der Waals surface area contributed by atoms with Crippen LogP contribution >= 0.6 is 11.6 Å². The summed E-state index contributed by atoms with van der Waals surface area (Å²) in [6, 6.07) is 8.24. The first kappa shape index (κ1) is 8.61. The van der Waals surface area contributed by atoms with Crippen LogP contribution in [0.25, 0.3) is 0 Å². The highest BCUT2D eigenvalue weighted by molar-refractivity contribution is 6.17. The third-order valence-corrected chi connectivity index (χ3v) is 2.00. The summed E-state index contributed by atoms with van der Waals surface area (Å²) in [6.07, 6.45) is 1.97. The molecule has 1 rings (SSSR count). The van der Waals surface area contributed by atoms with Crippen LogP contribution in [0.2, 0.25) is 0 Å². The molecule has 1 aromatic rings. The largest absolute Gasteiger partial charge is 0.122 e. The van der Waals surface area contributed by atoms with Crippen molar-refractivity contribution in [1.29, 1.82) is 0 Å². The van der Waals surface area contributed by atoms with E-state index in [4.69, 9.17) is 11.6 Å². The Labute approximate surface area is 73.2 Å². The maximum absolute atomic E-state index is 5.75. The summed E-state index contributed by atoms with van der Waals surface area (Å²) < 4.78 is 0. The van der Waals surface area contributed by atoms with Gasteiger partial charge in [-0.05, 0) is 24.0 Å². The van der Waals surface area contributed by atoms with Gasteiger partial charge < -0.3 is 0 Å². The highest BCUT2D eigenvalue weighted by Gasteiger charge is 1.97. The highest BCUT2D eigenvalue weighted by Crippen LogP contribution is 2.12. The minimum absolute atomic E-state index is 0.607. The molecule has 0 aromatic heterocycles. The van der Waals surface area contributed by atoms with Crippen molar-refractivity contribution in [2.75, 3.05) is 0 Å². The quantitative estimate of drug-likeness (QED) is 0.607. The Morgan fingerprint density at radius 1 is 1.18 bits per heavy atom. The van der Waals surface area contributed by atoms with E-state index in [1.54, 1.807) is 0 Å². The second-order valence-electron chi connectivity index (χ2n) is 2.51. The minimum Gasteiger partial charge on any atom is -0.122 e. The van der Waals surface area contributed by atoms with E-state index >= 15 is 0 Å². The summed E-state index contributed by atoms with van der Waals surface area (Å²) in [5, 5.41) is 0. The van der Waals surface area contributed by atoms with Crippen molar-refractivity contribution < 1.29 is 0 Å². The SMILES string of the molecule is [CH2]CCc1ccccc1CCl. The standard InChI is InChI=1S/C10H12Cl/c1-2-5-9-6-3-4-7-10(9)8-11/h3-4,6-7H,1-2,5,8H2. The van der Waals surface area contributed by atoms with Gasteiger partial charge in [0.05, 0.1) is 0 Å². The van der Waals surface area contributed by atoms with Gasteiger partial charge >= 0.3 is 0 Å². The molecule has 0 fully saturated rings. The third-order valence-electron chi connectivity index (χ3n) is 1.71. The molecule has 59 valence electrons. The summed E-state index contributed by atoms with van der Waals surface area (Å²) >= 11 is 5.75. The number of hydrogen-bond donors (Lipinski definition) is 0. The molecule has 0 atom stereocenters. The average molecular weight is 168 g/mol. The number of hydrogen-bond acceptors (Lipinski definition) is 0. The lowest BCUT2D eigenvalue weighted by molar-refractivity contribution is 0.981. The zero-order chi connectivity index (χ0) is 8.10. The molecule has 0 nitrogen and oxygen atoms in total. The Morgan fingerprint density at radius 2 is 1.82 bits per heavy atom. The van der Waals surface area contributed by atoms with Gasteiger partial charge in [0.1, 0.15) is 0 Å². The predicted molar refractivity (Wildman–Crippen MR) is 49.7 cm³/mol. The first-order valence-electron chi connectivity index (χ1n) is 3.80. The predicted octanol–water partition coefficient (Wildman–Crippen LogP) is 3.19. The van der Waals surface area contributed by atoms with E-state index in [0.717, 1.165) is 12.8 Å². The summed E-state index contributed by atoms with van der Waals surface area (Å²) in [5.41, 5.74) is 2.57. The molecule has 11 heavy (non-hydrogen) atoms. The van der Waals surface area contributed by atoms with Crippen molar-refractivity contribution in [3.63, 3.8) is 0 Å². The maximum Gasteiger partial charge on any atom is 0.0476 e. The van der Waals surface area contributed by atoms with E-state index in [-0.39, 0.29) is 0 Å². The van der Waals surface area contributed by atoms with Crippen LogP contribution in [-0.4, -0.2) is 0 Å². The molecule has 0 amide bonds. The van der Waals surface area contributed by atoms with Gasteiger partial charge in [0.2, 0.25) is 0 Å². The second kappa shape index (κ2) is 4.40. The molecular formula is C10H12Cl. The van der Waals surface area contributed by atoms with Gasteiger partial charge in [-0.15, -0.1) is 11.6 Å². The van der Waals surface area contributed by atoms with Gasteiger partial charge in [0.25, 0.3) is 0 Å². The molecule has 0 spiro atoms. The van der Waals surface area contributed by atoms with Gasteiger partial charge in [-0.1, -0.05) is 31.2 Å². The van der Waals surface area contributed by atoms with Gasteiger partial charge in [-0.25, -0.2) is 0 Å². The normalized spacial score (nSPS) is 10.0. The average Bonchev–Trinajstić information content (AvgIpc) is 2.06. The van der Waals surface area contributed by atoms with E-state index in [0.29, 0.717) is 5.88 Å². The molecule has 0 aliphatic rings. The molecule has 0 saturated heterocycles. The zero-order valence-corrected chi connectivity index (χ0v) is 7.27. The smallest absolute Gasteiger partial charge is 0.0476 e. The van der Waals surface area contributed by atoms with E-state index in [1.165, 1.54) is 11.1 Å². The van der Waals surface area contributed by atoms with E-state index < -0.39 is 0 Å². The first-order valence-corrected chi connectivity index (χ1v) is 4.34. The van der Waals surface area contributed by atoms with Crippen molar-refractivity contribution >= 4 is 11.6 Å². The topological polar surface area (TPSA) is 0 Å². The van der Waals surface area contributed by atoms with Gasteiger partial charge in [0.15, 0.2) is 0 Å². The molecule has 0 saturated carbocycles. The van der Waals surface area contributed by atoms with Crippen LogP contribution in [0.15, 0.2) is 24.3 Å². The lowest BCUT2D eigenvalue weighted by Crippen LogP contribution is -1.89. The summed E-state index contributed by atoms with van der Waals surface area (Å²) in [7, 11) is 0. The fourth-order valence-corrected chi connectivity index (χ4v) is 1.38. The maximum atomic E-state index is 5.75. The van der Waals surface area contributed by atoms with Crippen molar-refractivity contribution in [2.45, 2.75) is 18.7 Å². The fourth-order valence-electron chi connectivity index (χ4n) is 1.12. The number of benzene rings is 1. The van der Waals surface area contributed by atoms with Crippen LogP contribution in [-0.2, 0) is 12.3 Å². The molecule has 0 unspecified atom stereocenters. The van der Waals surface area contributed by atoms with Gasteiger partial charge in [-0.2, -0.15) is 0 Å². The molecule has 0 aliphatic heterocycles. The van der Waals surface area contributed by atoms with Crippen LogP contribution in [0.5, 0.6) is 0 Å². The Kier molecular flexibility index (Phi) is 3.44. The number of aryl methyl sites for hydroxylation is 1. The molecule has 1 radical (unpaired) electrons. The minimum atomic E-state index is 0.607. The van der Waals surface area contributed by atoms with Crippen LogP contribution < -0.4 is 0 Å². The molecule has 1 aromatic carbocycles. The molecule has 0 aliphatic carbocycles. The molecule has 0 bridgehead atoms. The van der Waals surface area contributed by atoms with E-state index in [1.807, 2.05) is 12.1 Å². The Morgan fingerprint density at radius 3 is 2.36 bits per heavy atom. The monoisotopic (exact) mass is 167 g/mol. The van der Waals surface area contributed by atoms with Crippen LogP contribution in [0.1, 0.15) is 17.5 Å². The van der Waals surface area contributed by atoms with Crippen LogP contribution in [0.3, 0.4) is 0 Å². The number of halogens is 1. The van der Waals surface area contributed by atoms with Gasteiger partial charge in [-0.3, -0.25) is 0 Å². The van der Waals surface area contributed by atoms with Crippen molar-refractivity contribution in [1.82, 2.24) is 0 Å². The van der Waals surface area contributed by atoms with Crippen molar-refractivity contribution in [3.05, 3.63) is 42.3 Å². The second-order valence-corrected chi connectivity index (χ2v) is 2.77. The molecule has 0 N–H and O–H groups in total. The Hall–Kier alpha value is -0.490. The van der Waals surface area contributed by atoms with E-state index in [2.05, 4.69) is 19.1 Å². The molecular weight excluding hydrogens is 156 g/mol. The van der Waals surface area contributed by atoms with Crippen molar-refractivity contribution in [3.8, 4) is 0 Å². The lowest BCUT2D eigenvalue weighted by atomic mass is 10.1. The number of alkyl halides is 1. The van der Waals surface area contributed by atoms with Crippen LogP contribution in [0, 0.1) is 6.92 Å². The van der Waals surface area contributed by atoms with Crippen molar-refractivity contribution in [2.24, 2.45) is 0 Å². The zero-order valence-electron chi connectivity index (χ0n) is 6.52. The summed E-state index contributed by atoms with van der Waals surface area (Å²) in [4.78, 5) is 0. The van der Waals surface area contributed by atoms with Crippen LogP contribution in [0.4, 0.5) is 0 Å². The van der Waals surface area contributed by atoms with Gasteiger partial charge in [0, 0.05) is 5.88 Å². The Bertz CT molecular complexity index is 218.